The summed E-state index contributed by atoms with van der Waals surface area (Å²) >= 11 is 0. The number of esters is 1. The molecule has 2 amide bonds. The molecule has 1 unspecified atom stereocenters. The fraction of sp³-hybridized carbons (Fsp3) is 0.150. The smallest absolute Gasteiger partial charge is 0.355 e. The van der Waals surface area contributed by atoms with Crippen molar-refractivity contribution in [1.29, 1.82) is 0 Å². The first kappa shape index (κ1) is 16.8. The number of aromatic nitrogens is 1. The highest BCUT2D eigenvalue weighted by molar-refractivity contribution is 6.11. The van der Waals surface area contributed by atoms with E-state index in [-0.39, 0.29) is 18.1 Å². The molecule has 0 spiro atoms. The van der Waals surface area contributed by atoms with Gasteiger partial charge in [0, 0.05) is 10.9 Å². The van der Waals surface area contributed by atoms with E-state index in [0.29, 0.717) is 11.4 Å². The maximum absolute atomic E-state index is 12.8. The van der Waals surface area contributed by atoms with Gasteiger partial charge in [0.05, 0.1) is 11.4 Å². The van der Waals surface area contributed by atoms with Crippen molar-refractivity contribution in [2.75, 3.05) is 16.8 Å². The van der Waals surface area contributed by atoms with Gasteiger partial charge in [-0.2, -0.15) is 0 Å². The van der Waals surface area contributed by atoms with E-state index in [1.54, 1.807) is 30.3 Å². The van der Waals surface area contributed by atoms with Crippen molar-refractivity contribution in [2.45, 2.75) is 13.0 Å². The van der Waals surface area contributed by atoms with Crippen LogP contribution in [-0.2, 0) is 14.3 Å². The number of nitrogens with zero attached hydrogens (tertiary/aromatic N) is 1. The third kappa shape index (κ3) is 3.15. The van der Waals surface area contributed by atoms with Crippen LogP contribution < -0.4 is 10.2 Å². The third-order valence-corrected chi connectivity index (χ3v) is 4.42. The molecule has 7 heteroatoms. The molecule has 2 N–H and O–H groups in total. The van der Waals surface area contributed by atoms with E-state index in [0.717, 1.165) is 10.9 Å². The van der Waals surface area contributed by atoms with Gasteiger partial charge in [-0.3, -0.25) is 14.5 Å². The Hall–Kier alpha value is -3.61. The normalized spacial score (nSPS) is 14.4. The molecule has 0 saturated heterocycles. The van der Waals surface area contributed by atoms with Crippen molar-refractivity contribution in [3.05, 3.63) is 60.3 Å². The van der Waals surface area contributed by atoms with Crippen LogP contribution in [0.2, 0.25) is 0 Å². The van der Waals surface area contributed by atoms with Crippen molar-refractivity contribution in [3.8, 4) is 0 Å². The first-order valence-electron chi connectivity index (χ1n) is 8.52. The number of carbonyl (C=O) groups excluding carboxylic acids is 3. The van der Waals surface area contributed by atoms with Crippen molar-refractivity contribution >= 4 is 40.1 Å². The molecule has 1 aromatic heterocycles. The summed E-state index contributed by atoms with van der Waals surface area (Å²) < 4.78 is 5.34. The second-order valence-electron chi connectivity index (χ2n) is 6.31. The van der Waals surface area contributed by atoms with E-state index in [4.69, 9.17) is 4.74 Å². The summed E-state index contributed by atoms with van der Waals surface area (Å²) in [5.74, 6) is -1.38. The molecule has 2 aromatic carbocycles. The van der Waals surface area contributed by atoms with Crippen LogP contribution in [0.25, 0.3) is 10.9 Å². The minimum atomic E-state index is -1.04. The number of aromatic amines is 1. The van der Waals surface area contributed by atoms with Gasteiger partial charge in [0.15, 0.2) is 6.10 Å². The van der Waals surface area contributed by atoms with Gasteiger partial charge in [-0.25, -0.2) is 4.79 Å². The molecule has 0 aliphatic carbocycles. The quantitative estimate of drug-likeness (QED) is 0.700. The molecule has 0 fully saturated rings. The molecule has 3 aromatic rings. The van der Waals surface area contributed by atoms with Gasteiger partial charge < -0.3 is 15.0 Å². The zero-order valence-corrected chi connectivity index (χ0v) is 14.6. The number of carbonyl (C=O) groups is 3. The van der Waals surface area contributed by atoms with E-state index >= 15 is 0 Å². The Morgan fingerprint density at radius 3 is 2.67 bits per heavy atom. The van der Waals surface area contributed by atoms with Crippen molar-refractivity contribution in [1.82, 2.24) is 4.98 Å². The Labute approximate surface area is 154 Å². The van der Waals surface area contributed by atoms with E-state index in [2.05, 4.69) is 10.3 Å². The van der Waals surface area contributed by atoms with Gasteiger partial charge >= 0.3 is 5.97 Å². The Kier molecular flexibility index (Phi) is 4.12. The van der Waals surface area contributed by atoms with Crippen LogP contribution in [0.3, 0.4) is 0 Å². The summed E-state index contributed by atoms with van der Waals surface area (Å²) in [5.41, 5.74) is 2.21. The van der Waals surface area contributed by atoms with E-state index in [1.165, 1.54) is 11.8 Å². The fourth-order valence-electron chi connectivity index (χ4n) is 3.11. The van der Waals surface area contributed by atoms with Crippen LogP contribution in [0, 0.1) is 0 Å². The molecule has 2 heterocycles. The molecule has 4 rings (SSSR count). The topological polar surface area (TPSA) is 91.5 Å². The van der Waals surface area contributed by atoms with Gasteiger partial charge in [-0.1, -0.05) is 30.3 Å². The molecular weight excluding hydrogens is 346 g/mol. The maximum Gasteiger partial charge on any atom is 0.355 e. The number of hydrogen-bond acceptors (Lipinski definition) is 4. The number of H-pyrrole nitrogens is 1. The molecule has 1 aliphatic rings. The lowest BCUT2D eigenvalue weighted by atomic mass is 10.1. The molecule has 0 bridgehead atoms. The van der Waals surface area contributed by atoms with E-state index in [9.17, 15) is 14.4 Å². The lowest BCUT2D eigenvalue weighted by molar-refractivity contribution is -0.128. The number of benzene rings is 2. The van der Waals surface area contributed by atoms with Crippen molar-refractivity contribution < 1.29 is 19.1 Å². The van der Waals surface area contributed by atoms with Crippen LogP contribution in [0.5, 0.6) is 0 Å². The highest BCUT2D eigenvalue weighted by atomic mass is 16.5. The lowest BCUT2D eigenvalue weighted by Gasteiger charge is -2.30. The zero-order valence-electron chi connectivity index (χ0n) is 14.6. The van der Waals surface area contributed by atoms with Crippen LogP contribution >= 0.6 is 0 Å². The SMILES string of the molecule is CC(OC(=O)c1cc2ccccc2[nH]1)C(=O)N1CC(=O)Nc2ccccc21. The number of hydrogen-bond donors (Lipinski definition) is 2. The molecule has 7 nitrogen and oxygen atoms in total. The van der Waals surface area contributed by atoms with Gasteiger partial charge in [0.25, 0.3) is 5.91 Å². The summed E-state index contributed by atoms with van der Waals surface area (Å²) in [6.07, 6.45) is -1.04. The highest BCUT2D eigenvalue weighted by Crippen LogP contribution is 2.29. The third-order valence-electron chi connectivity index (χ3n) is 4.42. The molecule has 1 atom stereocenters. The van der Waals surface area contributed by atoms with Crippen LogP contribution in [-0.4, -0.2) is 35.4 Å². The molecular formula is C20H17N3O4. The summed E-state index contributed by atoms with van der Waals surface area (Å²) in [6.45, 7) is 1.38. The van der Waals surface area contributed by atoms with Crippen LogP contribution in [0.15, 0.2) is 54.6 Å². The second-order valence-corrected chi connectivity index (χ2v) is 6.31. The number of nitrogens with one attached hydrogen (secondary N) is 2. The molecule has 1 aliphatic heterocycles. The Morgan fingerprint density at radius 2 is 1.85 bits per heavy atom. The summed E-state index contributed by atoms with van der Waals surface area (Å²) in [5, 5.41) is 3.60. The van der Waals surface area contributed by atoms with Gasteiger partial charge in [0.1, 0.15) is 12.2 Å². The molecule has 0 saturated carbocycles. The van der Waals surface area contributed by atoms with Gasteiger partial charge in [0.2, 0.25) is 5.91 Å². The Bertz CT molecular complexity index is 1020. The van der Waals surface area contributed by atoms with Gasteiger partial charge in [-0.05, 0) is 31.2 Å². The minimum absolute atomic E-state index is 0.121. The predicted octanol–water partition coefficient (Wildman–Crippen LogP) is 2.70. The first-order chi connectivity index (χ1) is 13.0. The predicted molar refractivity (Wildman–Crippen MR) is 101 cm³/mol. The molecule has 27 heavy (non-hydrogen) atoms. The highest BCUT2D eigenvalue weighted by Gasteiger charge is 2.31. The largest absolute Gasteiger partial charge is 0.448 e. The Morgan fingerprint density at radius 1 is 1.11 bits per heavy atom. The number of ether oxygens (including phenoxy) is 1. The van der Waals surface area contributed by atoms with Gasteiger partial charge in [-0.15, -0.1) is 0 Å². The van der Waals surface area contributed by atoms with E-state index < -0.39 is 18.0 Å². The number of rotatable bonds is 3. The average molecular weight is 363 g/mol. The zero-order chi connectivity index (χ0) is 19.0. The van der Waals surface area contributed by atoms with Crippen molar-refractivity contribution in [2.24, 2.45) is 0 Å². The second kappa shape index (κ2) is 6.60. The average Bonchev–Trinajstić information content (AvgIpc) is 3.11. The molecule has 136 valence electrons. The lowest BCUT2D eigenvalue weighted by Crippen LogP contribution is -2.47. The summed E-state index contributed by atoms with van der Waals surface area (Å²) in [6, 6.07) is 16.1. The Balaban J connectivity index is 1.52. The van der Waals surface area contributed by atoms with Crippen LogP contribution in [0.1, 0.15) is 17.4 Å². The number of para-hydroxylation sites is 3. The van der Waals surface area contributed by atoms with Crippen LogP contribution in [0.4, 0.5) is 11.4 Å². The standard InChI is InChI=1S/C20H17N3O4/c1-12(27-20(26)16-10-13-6-2-3-7-14(13)21-16)19(25)23-11-18(24)22-15-8-4-5-9-17(15)23/h2-10,12,21H,11H2,1H3,(H,22,24). The summed E-state index contributed by atoms with van der Waals surface area (Å²) in [7, 11) is 0. The number of fused-ring (bicyclic) bond motifs is 2. The van der Waals surface area contributed by atoms with E-state index in [1.807, 2.05) is 24.3 Å². The maximum atomic E-state index is 12.8. The number of amides is 2. The first-order valence-corrected chi connectivity index (χ1v) is 8.52. The summed E-state index contributed by atoms with van der Waals surface area (Å²) in [4.78, 5) is 41.4. The fourth-order valence-corrected chi connectivity index (χ4v) is 3.11. The molecule has 0 radical (unpaired) electrons. The minimum Gasteiger partial charge on any atom is -0.448 e. The number of anilines is 2. The monoisotopic (exact) mass is 363 g/mol. The van der Waals surface area contributed by atoms with Crippen molar-refractivity contribution in [3.63, 3.8) is 0 Å².